The Morgan fingerprint density at radius 2 is 1.11 bits per heavy atom. The molecule has 0 unspecified atom stereocenters. The van der Waals surface area contributed by atoms with Gasteiger partial charge in [-0.25, -0.2) is 0 Å². The number of aryl methyl sites for hydroxylation is 1. The summed E-state index contributed by atoms with van der Waals surface area (Å²) in [5.41, 5.74) is 0.977. The smallest absolute Gasteiger partial charge is 0.305 e. The molecule has 0 heterocycles. The molecule has 0 aromatic heterocycles. The lowest BCUT2D eigenvalue weighted by Gasteiger charge is -2.08. The fourth-order valence-electron chi connectivity index (χ4n) is 3.25. The van der Waals surface area contributed by atoms with E-state index in [0.29, 0.717) is 52.7 Å². The third-order valence-electron chi connectivity index (χ3n) is 5.37. The van der Waals surface area contributed by atoms with Crippen molar-refractivity contribution in [2.24, 2.45) is 0 Å². The molecule has 0 saturated carbocycles. The lowest BCUT2D eigenvalue weighted by Crippen LogP contribution is -2.15. The van der Waals surface area contributed by atoms with Gasteiger partial charge in [0.2, 0.25) is 0 Å². The zero-order valence-corrected chi connectivity index (χ0v) is 23.4. The van der Waals surface area contributed by atoms with Crippen LogP contribution in [-0.4, -0.2) is 80.5 Å². The van der Waals surface area contributed by atoms with E-state index in [9.17, 15) is 13.2 Å². The molecule has 0 aliphatic heterocycles. The summed E-state index contributed by atoms with van der Waals surface area (Å²) in [5.74, 6) is -0.158. The Kier molecular flexibility index (Phi) is 20.3. The monoisotopic (exact) mass is 546 g/mol. The lowest BCUT2D eigenvalue weighted by atomic mass is 10.1. The molecule has 0 N–H and O–H groups in total. The highest BCUT2D eigenvalue weighted by Crippen LogP contribution is 2.13. The summed E-state index contributed by atoms with van der Waals surface area (Å²) in [6.45, 7) is 7.19. The second-order valence-electron chi connectivity index (χ2n) is 8.63. The van der Waals surface area contributed by atoms with Gasteiger partial charge in [-0.05, 0) is 25.5 Å². The van der Waals surface area contributed by atoms with Crippen LogP contribution in [0.3, 0.4) is 0 Å². The maximum atomic E-state index is 12.0. The van der Waals surface area contributed by atoms with Crippen LogP contribution in [0.5, 0.6) is 0 Å². The van der Waals surface area contributed by atoms with Crippen LogP contribution in [-0.2, 0) is 42.8 Å². The predicted molar refractivity (Wildman–Crippen MR) is 141 cm³/mol. The van der Waals surface area contributed by atoms with Crippen molar-refractivity contribution in [1.82, 2.24) is 0 Å². The number of ether oxygens (including phenoxy) is 5. The van der Waals surface area contributed by atoms with E-state index in [-0.39, 0.29) is 30.7 Å². The Balaban J connectivity index is 1.80. The first-order valence-corrected chi connectivity index (χ1v) is 14.8. The third-order valence-corrected chi connectivity index (χ3v) is 6.69. The minimum absolute atomic E-state index is 0.0578. The van der Waals surface area contributed by atoms with Gasteiger partial charge in [0, 0.05) is 6.42 Å². The minimum atomic E-state index is -3.77. The van der Waals surface area contributed by atoms with Gasteiger partial charge in [-0.15, -0.1) is 0 Å². The first kappa shape index (κ1) is 33.5. The number of carbonyl (C=O) groups is 1. The standard InChI is InChI=1S/C27H46O9S/c1-3-4-5-6-7-8-9-10-27(28)35-23-21-33-19-17-31-15-16-32-18-20-34-22-24-36-37(29,30)26-13-11-25(2)12-14-26/h11-14H,3-10,15-24H2,1-2H3. The molecule has 0 aliphatic carbocycles. The first-order chi connectivity index (χ1) is 18.0. The maximum Gasteiger partial charge on any atom is 0.305 e. The summed E-state index contributed by atoms with van der Waals surface area (Å²) in [4.78, 5) is 11.8. The number of hydrogen-bond donors (Lipinski definition) is 0. The Morgan fingerprint density at radius 1 is 0.649 bits per heavy atom. The molecular formula is C27H46O9S. The molecule has 10 heteroatoms. The predicted octanol–water partition coefficient (Wildman–Crippen LogP) is 4.45. The SMILES string of the molecule is CCCCCCCCCC(=O)OCCOCCOCCOCCOCCOS(=O)(=O)c1ccc(C)cc1. The highest BCUT2D eigenvalue weighted by atomic mass is 32.2. The second kappa shape index (κ2) is 22.4. The van der Waals surface area contributed by atoms with Gasteiger partial charge in [-0.3, -0.25) is 8.98 Å². The largest absolute Gasteiger partial charge is 0.463 e. The summed E-state index contributed by atoms with van der Waals surface area (Å²) in [5, 5.41) is 0. The van der Waals surface area contributed by atoms with E-state index in [4.69, 9.17) is 27.9 Å². The molecule has 0 radical (unpaired) electrons. The van der Waals surface area contributed by atoms with E-state index in [1.807, 2.05) is 6.92 Å². The van der Waals surface area contributed by atoms with Crippen molar-refractivity contribution in [1.29, 1.82) is 0 Å². The van der Waals surface area contributed by atoms with Crippen molar-refractivity contribution in [2.75, 3.05) is 66.1 Å². The van der Waals surface area contributed by atoms with Crippen LogP contribution in [0.25, 0.3) is 0 Å². The highest BCUT2D eigenvalue weighted by Gasteiger charge is 2.14. The van der Waals surface area contributed by atoms with Crippen molar-refractivity contribution >= 4 is 16.1 Å². The normalized spacial score (nSPS) is 11.6. The quantitative estimate of drug-likeness (QED) is 0.0999. The average molecular weight is 547 g/mol. The van der Waals surface area contributed by atoms with Crippen LogP contribution >= 0.6 is 0 Å². The summed E-state index contributed by atoms with van der Waals surface area (Å²) < 4.78 is 55.7. The molecule has 0 saturated heterocycles. The van der Waals surface area contributed by atoms with Crippen molar-refractivity contribution in [3.8, 4) is 0 Å². The fraction of sp³-hybridized carbons (Fsp3) is 0.741. The minimum Gasteiger partial charge on any atom is -0.463 e. The van der Waals surface area contributed by atoms with E-state index in [2.05, 4.69) is 6.92 Å². The van der Waals surface area contributed by atoms with Gasteiger partial charge < -0.3 is 23.7 Å². The third kappa shape index (κ3) is 19.2. The van der Waals surface area contributed by atoms with Crippen molar-refractivity contribution in [2.45, 2.75) is 70.1 Å². The Labute approximate surface area is 223 Å². The zero-order valence-electron chi connectivity index (χ0n) is 22.6. The van der Waals surface area contributed by atoms with Crippen LogP contribution in [0.4, 0.5) is 0 Å². The van der Waals surface area contributed by atoms with E-state index < -0.39 is 10.1 Å². The van der Waals surface area contributed by atoms with Gasteiger partial charge >= 0.3 is 5.97 Å². The number of esters is 1. The molecule has 0 bridgehead atoms. The number of hydrogen-bond acceptors (Lipinski definition) is 9. The summed E-state index contributed by atoms with van der Waals surface area (Å²) in [6, 6.07) is 6.48. The molecule has 0 spiro atoms. The van der Waals surface area contributed by atoms with Crippen LogP contribution in [0.1, 0.15) is 63.9 Å². The van der Waals surface area contributed by atoms with Crippen LogP contribution in [0.15, 0.2) is 29.2 Å². The average Bonchev–Trinajstić information content (AvgIpc) is 2.88. The Morgan fingerprint density at radius 3 is 1.65 bits per heavy atom. The molecule has 1 aromatic carbocycles. The summed E-state index contributed by atoms with van der Waals surface area (Å²) in [6.07, 6.45) is 8.72. The van der Waals surface area contributed by atoms with Gasteiger partial charge in [0.1, 0.15) is 6.61 Å². The van der Waals surface area contributed by atoms with Crippen molar-refractivity contribution < 1.29 is 41.1 Å². The molecule has 214 valence electrons. The Bertz CT molecular complexity index is 782. The molecule has 0 fully saturated rings. The Hall–Kier alpha value is -1.56. The summed E-state index contributed by atoms with van der Waals surface area (Å²) >= 11 is 0. The first-order valence-electron chi connectivity index (χ1n) is 13.4. The van der Waals surface area contributed by atoms with Crippen LogP contribution in [0, 0.1) is 6.92 Å². The molecule has 1 aromatic rings. The van der Waals surface area contributed by atoms with Crippen molar-refractivity contribution in [3.05, 3.63) is 29.8 Å². The van der Waals surface area contributed by atoms with Crippen LogP contribution in [0.2, 0.25) is 0 Å². The topological polar surface area (TPSA) is 107 Å². The molecule has 37 heavy (non-hydrogen) atoms. The molecular weight excluding hydrogens is 500 g/mol. The molecule has 1 rings (SSSR count). The number of unbranched alkanes of at least 4 members (excludes halogenated alkanes) is 6. The molecule has 9 nitrogen and oxygen atoms in total. The number of rotatable bonds is 25. The van der Waals surface area contributed by atoms with Gasteiger partial charge in [0.05, 0.1) is 64.4 Å². The maximum absolute atomic E-state index is 12.0. The highest BCUT2D eigenvalue weighted by molar-refractivity contribution is 7.86. The fourth-order valence-corrected chi connectivity index (χ4v) is 4.14. The van der Waals surface area contributed by atoms with Crippen molar-refractivity contribution in [3.63, 3.8) is 0 Å². The van der Waals surface area contributed by atoms with E-state index in [1.54, 1.807) is 12.1 Å². The number of benzene rings is 1. The van der Waals surface area contributed by atoms with Crippen LogP contribution < -0.4 is 0 Å². The van der Waals surface area contributed by atoms with E-state index >= 15 is 0 Å². The zero-order chi connectivity index (χ0) is 27.0. The van der Waals surface area contributed by atoms with E-state index in [1.165, 1.54) is 44.2 Å². The van der Waals surface area contributed by atoms with Gasteiger partial charge in [-0.1, -0.05) is 63.1 Å². The molecule has 0 amide bonds. The van der Waals surface area contributed by atoms with Gasteiger partial charge in [0.25, 0.3) is 10.1 Å². The molecule has 0 aliphatic rings. The second-order valence-corrected chi connectivity index (χ2v) is 10.2. The van der Waals surface area contributed by atoms with E-state index in [0.717, 1.165) is 18.4 Å². The number of carbonyl (C=O) groups excluding carboxylic acids is 1. The lowest BCUT2D eigenvalue weighted by molar-refractivity contribution is -0.145. The van der Waals surface area contributed by atoms with Gasteiger partial charge in [0.15, 0.2) is 0 Å². The van der Waals surface area contributed by atoms with Gasteiger partial charge in [-0.2, -0.15) is 8.42 Å². The summed E-state index contributed by atoms with van der Waals surface area (Å²) in [7, 11) is -3.77. The molecule has 0 atom stereocenters.